The Bertz CT molecular complexity index is 1730. The Labute approximate surface area is 506 Å². The van der Waals surface area contributed by atoms with Crippen LogP contribution in [0.25, 0.3) is 0 Å². The maximum absolute atomic E-state index is 12.9. The normalized spacial score (nSPS) is 13.0. The zero-order valence-electron chi connectivity index (χ0n) is 53.5. The summed E-state index contributed by atoms with van der Waals surface area (Å²) < 4.78 is 16.9. The van der Waals surface area contributed by atoms with Crippen molar-refractivity contribution in [2.45, 2.75) is 316 Å². The minimum Gasteiger partial charge on any atom is -0.462 e. The molecule has 0 fully saturated rings. The molecule has 0 spiro atoms. The van der Waals surface area contributed by atoms with Crippen LogP contribution in [-0.2, 0) is 28.6 Å². The van der Waals surface area contributed by atoms with Crippen molar-refractivity contribution in [1.82, 2.24) is 0 Å². The average molecular weight is 1140 g/mol. The minimum atomic E-state index is -0.799. The van der Waals surface area contributed by atoms with Crippen LogP contribution in [0.1, 0.15) is 310 Å². The third-order valence-electron chi connectivity index (χ3n) is 14.4. The van der Waals surface area contributed by atoms with E-state index in [4.69, 9.17) is 14.2 Å². The van der Waals surface area contributed by atoms with Gasteiger partial charge in [0, 0.05) is 19.3 Å². The van der Waals surface area contributed by atoms with Crippen molar-refractivity contribution in [1.29, 1.82) is 0 Å². The van der Waals surface area contributed by atoms with E-state index in [0.29, 0.717) is 19.3 Å². The molecule has 466 valence electrons. The topological polar surface area (TPSA) is 78.9 Å². The van der Waals surface area contributed by atoms with Crippen LogP contribution in [0.2, 0.25) is 0 Å². The van der Waals surface area contributed by atoms with E-state index in [1.165, 1.54) is 116 Å². The molecule has 0 rings (SSSR count). The summed E-state index contributed by atoms with van der Waals surface area (Å²) in [4.78, 5) is 38.3. The summed E-state index contributed by atoms with van der Waals surface area (Å²) in [5, 5.41) is 0. The van der Waals surface area contributed by atoms with Gasteiger partial charge in [-0.25, -0.2) is 0 Å². The molecule has 82 heavy (non-hydrogen) atoms. The molecule has 0 aliphatic carbocycles. The first-order valence-electron chi connectivity index (χ1n) is 34.2. The van der Waals surface area contributed by atoms with Gasteiger partial charge in [-0.05, 0) is 128 Å². The Morgan fingerprint density at radius 3 is 0.756 bits per heavy atom. The Morgan fingerprint density at radius 1 is 0.256 bits per heavy atom. The van der Waals surface area contributed by atoms with Gasteiger partial charge in [0.2, 0.25) is 0 Å². The summed E-state index contributed by atoms with van der Waals surface area (Å²) in [6.07, 6.45) is 97.7. The maximum Gasteiger partial charge on any atom is 0.306 e. The zero-order chi connectivity index (χ0) is 59.2. The van der Waals surface area contributed by atoms with Crippen molar-refractivity contribution in [2.24, 2.45) is 0 Å². The molecule has 0 amide bonds. The Morgan fingerprint density at radius 2 is 0.476 bits per heavy atom. The molecule has 0 aromatic rings. The van der Waals surface area contributed by atoms with Gasteiger partial charge in [-0.2, -0.15) is 0 Å². The number of hydrogen-bond donors (Lipinski definition) is 0. The highest BCUT2D eigenvalue weighted by molar-refractivity contribution is 5.71. The summed E-state index contributed by atoms with van der Waals surface area (Å²) in [5.74, 6) is -0.922. The lowest BCUT2D eigenvalue weighted by atomic mass is 10.0. The first-order chi connectivity index (χ1) is 40.5. The van der Waals surface area contributed by atoms with E-state index < -0.39 is 6.10 Å². The Hall–Kier alpha value is -4.45. The predicted molar refractivity (Wildman–Crippen MR) is 357 cm³/mol. The molecule has 6 heteroatoms. The van der Waals surface area contributed by atoms with Gasteiger partial charge in [-0.3, -0.25) is 14.4 Å². The van der Waals surface area contributed by atoms with Gasteiger partial charge in [0.25, 0.3) is 0 Å². The van der Waals surface area contributed by atoms with Crippen LogP contribution in [-0.4, -0.2) is 37.2 Å². The van der Waals surface area contributed by atoms with Crippen molar-refractivity contribution in [2.75, 3.05) is 13.2 Å². The van der Waals surface area contributed by atoms with E-state index in [-0.39, 0.29) is 31.1 Å². The summed E-state index contributed by atoms with van der Waals surface area (Å²) >= 11 is 0. The van der Waals surface area contributed by atoms with Gasteiger partial charge in [-0.15, -0.1) is 0 Å². The number of unbranched alkanes of at least 4 members (excludes halogenated alkanes) is 28. The standard InChI is InChI=1S/C76H126O6/c1-4-7-10-13-16-19-22-24-26-28-30-32-34-35-36-37-38-39-40-41-43-44-46-48-50-52-54-57-60-63-66-69-75(78)81-72-73(71-80-74(77)68-65-62-59-56-21-18-15-12-9-6-3)82-76(79)70-67-64-61-58-55-53-51-49-47-45-42-33-31-29-27-25-23-20-17-14-11-8-5-2/h7-8,10-12,15-17,19-20,24-27,30-33,45,47,51,53,73H,4-6,9,13-14,18,21-23,28-29,34-44,46,48-50,52,54-72H2,1-3H3/b10-7-,11-8-,15-12-,19-16-,20-17-,26-24-,27-25-,32-30-,33-31-,47-45-,53-51-. The maximum atomic E-state index is 12.9. The number of hydrogen-bond acceptors (Lipinski definition) is 6. The van der Waals surface area contributed by atoms with Gasteiger partial charge in [0.15, 0.2) is 6.10 Å². The molecule has 6 nitrogen and oxygen atoms in total. The third-order valence-corrected chi connectivity index (χ3v) is 14.4. The lowest BCUT2D eigenvalue weighted by Gasteiger charge is -2.18. The molecule has 1 atom stereocenters. The summed E-state index contributed by atoms with van der Waals surface area (Å²) in [6, 6.07) is 0. The van der Waals surface area contributed by atoms with E-state index in [0.717, 1.165) is 154 Å². The summed E-state index contributed by atoms with van der Waals surface area (Å²) in [6.45, 7) is 6.34. The lowest BCUT2D eigenvalue weighted by molar-refractivity contribution is -0.167. The van der Waals surface area contributed by atoms with E-state index in [9.17, 15) is 14.4 Å². The van der Waals surface area contributed by atoms with Crippen LogP contribution in [0, 0.1) is 0 Å². The van der Waals surface area contributed by atoms with Crippen LogP contribution < -0.4 is 0 Å². The highest BCUT2D eigenvalue weighted by Gasteiger charge is 2.19. The molecular formula is C76H126O6. The molecule has 0 N–H and O–H groups in total. The van der Waals surface area contributed by atoms with Crippen molar-refractivity contribution in [3.63, 3.8) is 0 Å². The van der Waals surface area contributed by atoms with Crippen molar-refractivity contribution in [3.05, 3.63) is 134 Å². The van der Waals surface area contributed by atoms with Crippen molar-refractivity contribution in [3.8, 4) is 0 Å². The van der Waals surface area contributed by atoms with Gasteiger partial charge in [-0.1, -0.05) is 296 Å². The second-order valence-electron chi connectivity index (χ2n) is 22.3. The third kappa shape index (κ3) is 66.4. The molecule has 0 heterocycles. The fraction of sp³-hybridized carbons (Fsp3) is 0.671. The van der Waals surface area contributed by atoms with Gasteiger partial charge >= 0.3 is 17.9 Å². The first kappa shape index (κ1) is 77.5. The monoisotopic (exact) mass is 1130 g/mol. The smallest absolute Gasteiger partial charge is 0.306 e. The Kier molecular flexibility index (Phi) is 65.3. The van der Waals surface area contributed by atoms with E-state index in [1.807, 2.05) is 0 Å². The molecule has 0 saturated carbocycles. The van der Waals surface area contributed by atoms with Crippen LogP contribution in [0.5, 0.6) is 0 Å². The largest absolute Gasteiger partial charge is 0.462 e. The first-order valence-corrected chi connectivity index (χ1v) is 34.2. The Balaban J connectivity index is 4.22. The average Bonchev–Trinajstić information content (AvgIpc) is 3.47. The van der Waals surface area contributed by atoms with Crippen LogP contribution >= 0.6 is 0 Å². The molecular weight excluding hydrogens is 1010 g/mol. The molecule has 0 aliphatic rings. The SMILES string of the molecule is CC/C=C\C/C=C\C/C=C\C/C=C\C/C=C\C/C=C\CCCCCCC(=O)OC(COC(=O)CCCCCCC/C=C\CCC)COC(=O)CCCCCCCCCCCCCCCCCCCC/C=C\C/C=C\C/C=C\C/C=C\CC. The number of carbonyl (C=O) groups is 3. The minimum absolute atomic E-state index is 0.0921. The highest BCUT2D eigenvalue weighted by atomic mass is 16.6. The number of rotatable bonds is 61. The molecule has 0 radical (unpaired) electrons. The van der Waals surface area contributed by atoms with E-state index in [1.54, 1.807) is 0 Å². The quantitative estimate of drug-likeness (QED) is 0.0261. The predicted octanol–water partition coefficient (Wildman–Crippen LogP) is 23.7. The van der Waals surface area contributed by atoms with Crippen LogP contribution in [0.4, 0.5) is 0 Å². The summed E-state index contributed by atoms with van der Waals surface area (Å²) in [5.41, 5.74) is 0. The van der Waals surface area contributed by atoms with Gasteiger partial charge in [0.05, 0.1) is 0 Å². The summed E-state index contributed by atoms with van der Waals surface area (Å²) in [7, 11) is 0. The van der Waals surface area contributed by atoms with Gasteiger partial charge in [0.1, 0.15) is 13.2 Å². The second kappa shape index (κ2) is 69.0. The highest BCUT2D eigenvalue weighted by Crippen LogP contribution is 2.17. The molecule has 0 aliphatic heterocycles. The van der Waals surface area contributed by atoms with Crippen LogP contribution in [0.3, 0.4) is 0 Å². The van der Waals surface area contributed by atoms with Crippen molar-refractivity contribution < 1.29 is 28.6 Å². The van der Waals surface area contributed by atoms with E-state index >= 15 is 0 Å². The van der Waals surface area contributed by atoms with Gasteiger partial charge < -0.3 is 14.2 Å². The fourth-order valence-corrected chi connectivity index (χ4v) is 9.32. The van der Waals surface area contributed by atoms with E-state index in [2.05, 4.69) is 154 Å². The fourth-order valence-electron chi connectivity index (χ4n) is 9.32. The lowest BCUT2D eigenvalue weighted by Crippen LogP contribution is -2.30. The zero-order valence-corrected chi connectivity index (χ0v) is 53.5. The van der Waals surface area contributed by atoms with Crippen molar-refractivity contribution >= 4 is 17.9 Å². The molecule has 1 unspecified atom stereocenters. The number of ether oxygens (including phenoxy) is 3. The molecule has 0 bridgehead atoms. The van der Waals surface area contributed by atoms with Crippen LogP contribution in [0.15, 0.2) is 134 Å². The number of esters is 3. The molecule has 0 saturated heterocycles. The number of allylic oxidation sites excluding steroid dienone is 22. The molecule has 0 aromatic carbocycles. The number of carbonyl (C=O) groups excluding carboxylic acids is 3. The molecule has 0 aromatic heterocycles. The second-order valence-corrected chi connectivity index (χ2v) is 22.3.